The molecule has 0 unspecified atom stereocenters. The number of nitrogens with one attached hydrogen (secondary N) is 2. The standard InChI is InChI=1S/C29H44N4O4.C2H6/c1-7-8-9-27(37-21(2)3)22(4)32-16-18-33(19-17-32)24-12-10-23(11-13-24)30-29(34)31-26-15-14-25(35-5)20-28(26)36-6;1-2/h7-9,14-15,20-21,23-24H,4,10-13,16-19H2,1-3,5-6H3,(H2,30,31,34);1-2H3/b8-7-,27-9+;. The molecule has 2 amide bonds. The lowest BCUT2D eigenvalue weighted by Crippen LogP contribution is -2.52. The summed E-state index contributed by atoms with van der Waals surface area (Å²) in [6.07, 6.45) is 10.2. The summed E-state index contributed by atoms with van der Waals surface area (Å²) in [6, 6.07) is 5.87. The highest BCUT2D eigenvalue weighted by atomic mass is 16.5. The van der Waals surface area contributed by atoms with Crippen molar-refractivity contribution in [1.82, 2.24) is 15.1 Å². The van der Waals surface area contributed by atoms with Gasteiger partial charge in [0.2, 0.25) is 0 Å². The van der Waals surface area contributed by atoms with E-state index >= 15 is 0 Å². The maximum Gasteiger partial charge on any atom is 0.319 e. The van der Waals surface area contributed by atoms with Crippen LogP contribution in [0.5, 0.6) is 11.5 Å². The molecule has 1 aromatic carbocycles. The summed E-state index contributed by atoms with van der Waals surface area (Å²) in [4.78, 5) is 17.6. The van der Waals surface area contributed by atoms with E-state index in [0.29, 0.717) is 23.2 Å². The smallest absolute Gasteiger partial charge is 0.319 e. The number of benzene rings is 1. The Kier molecular flexibility index (Phi) is 13.8. The normalized spacial score (nSPS) is 20.2. The molecule has 1 saturated heterocycles. The minimum Gasteiger partial charge on any atom is -0.497 e. The number of carbonyl (C=O) groups is 1. The second kappa shape index (κ2) is 16.7. The van der Waals surface area contributed by atoms with Crippen molar-refractivity contribution in [2.75, 3.05) is 45.7 Å². The first kappa shape index (κ1) is 32.1. The lowest BCUT2D eigenvalue weighted by molar-refractivity contribution is 0.0802. The number of nitrogens with zero attached hydrogens (tertiary/aromatic N) is 2. The highest BCUT2D eigenvalue weighted by Crippen LogP contribution is 2.30. The monoisotopic (exact) mass is 542 g/mol. The van der Waals surface area contributed by atoms with Crippen molar-refractivity contribution in [3.05, 3.63) is 54.5 Å². The Balaban J connectivity index is 0.00000260. The van der Waals surface area contributed by atoms with Crippen molar-refractivity contribution in [2.45, 2.75) is 78.5 Å². The van der Waals surface area contributed by atoms with E-state index < -0.39 is 0 Å². The van der Waals surface area contributed by atoms with Gasteiger partial charge in [-0.1, -0.05) is 32.6 Å². The van der Waals surface area contributed by atoms with E-state index in [9.17, 15) is 4.79 Å². The summed E-state index contributed by atoms with van der Waals surface area (Å²) >= 11 is 0. The van der Waals surface area contributed by atoms with Gasteiger partial charge >= 0.3 is 6.03 Å². The molecule has 1 heterocycles. The Morgan fingerprint density at radius 1 is 1.05 bits per heavy atom. The summed E-state index contributed by atoms with van der Waals surface area (Å²) in [5.74, 6) is 2.10. The Labute approximate surface area is 236 Å². The summed E-state index contributed by atoms with van der Waals surface area (Å²) in [5.41, 5.74) is 1.58. The zero-order valence-electron chi connectivity index (χ0n) is 25.1. The van der Waals surface area contributed by atoms with Gasteiger partial charge in [-0.15, -0.1) is 0 Å². The fraction of sp³-hybridized carbons (Fsp3) is 0.581. The van der Waals surface area contributed by atoms with Gasteiger partial charge in [0.1, 0.15) is 17.3 Å². The van der Waals surface area contributed by atoms with Gasteiger partial charge in [0.25, 0.3) is 0 Å². The molecule has 2 fully saturated rings. The first-order valence-electron chi connectivity index (χ1n) is 14.3. The number of ether oxygens (including phenoxy) is 3. The maximum atomic E-state index is 12.6. The third kappa shape index (κ3) is 9.84. The zero-order valence-corrected chi connectivity index (χ0v) is 25.1. The van der Waals surface area contributed by atoms with Gasteiger partial charge in [0.05, 0.1) is 31.7 Å². The fourth-order valence-electron chi connectivity index (χ4n) is 4.98. The van der Waals surface area contributed by atoms with E-state index in [1.54, 1.807) is 32.4 Å². The molecule has 2 aliphatic rings. The van der Waals surface area contributed by atoms with Gasteiger partial charge in [0, 0.05) is 44.3 Å². The number of amides is 2. The lowest BCUT2D eigenvalue weighted by atomic mass is 9.90. The van der Waals surface area contributed by atoms with Crippen LogP contribution in [0.25, 0.3) is 0 Å². The summed E-state index contributed by atoms with van der Waals surface area (Å²) < 4.78 is 16.6. The molecule has 1 aliphatic heterocycles. The van der Waals surface area contributed by atoms with Crippen LogP contribution >= 0.6 is 0 Å². The summed E-state index contributed by atoms with van der Waals surface area (Å²) in [5, 5.41) is 6.05. The molecule has 0 bridgehead atoms. The van der Waals surface area contributed by atoms with Crippen LogP contribution in [-0.2, 0) is 4.74 Å². The molecule has 0 atom stereocenters. The zero-order chi connectivity index (χ0) is 28.8. The molecular weight excluding hydrogens is 492 g/mol. The molecule has 8 nitrogen and oxygen atoms in total. The van der Waals surface area contributed by atoms with Crippen molar-refractivity contribution in [1.29, 1.82) is 0 Å². The third-order valence-electron chi connectivity index (χ3n) is 6.99. The van der Waals surface area contributed by atoms with Crippen LogP contribution in [-0.4, -0.2) is 74.4 Å². The van der Waals surface area contributed by atoms with Gasteiger partial charge in [-0.25, -0.2) is 4.79 Å². The van der Waals surface area contributed by atoms with Gasteiger partial charge in [-0.2, -0.15) is 0 Å². The molecule has 1 aliphatic carbocycles. The molecule has 0 spiro atoms. The topological polar surface area (TPSA) is 75.3 Å². The maximum absolute atomic E-state index is 12.6. The van der Waals surface area contributed by atoms with Gasteiger partial charge in [-0.05, 0) is 64.7 Å². The van der Waals surface area contributed by atoms with Gasteiger partial charge < -0.3 is 29.7 Å². The van der Waals surface area contributed by atoms with Crippen molar-refractivity contribution >= 4 is 11.7 Å². The SMILES string of the molecule is C=C(/C(=C\C=C/C)OC(C)C)N1CCN(C2CCC(NC(=O)Nc3ccc(OC)cc3OC)CC2)CC1.CC. The number of piperazine rings is 1. The Morgan fingerprint density at radius 3 is 2.28 bits per heavy atom. The van der Waals surface area contributed by atoms with Crippen molar-refractivity contribution < 1.29 is 19.0 Å². The fourth-order valence-corrected chi connectivity index (χ4v) is 4.98. The molecule has 8 heteroatoms. The quantitative estimate of drug-likeness (QED) is 0.272. The number of rotatable bonds is 10. The van der Waals surface area contributed by atoms with Crippen LogP contribution in [0, 0.1) is 0 Å². The number of urea groups is 1. The second-order valence-electron chi connectivity index (χ2n) is 9.86. The van der Waals surface area contributed by atoms with Crippen LogP contribution in [0.2, 0.25) is 0 Å². The molecule has 0 radical (unpaired) electrons. The van der Waals surface area contributed by atoms with E-state index in [4.69, 9.17) is 14.2 Å². The molecule has 1 aromatic rings. The van der Waals surface area contributed by atoms with Gasteiger partial charge in [0.15, 0.2) is 0 Å². The minimum atomic E-state index is -0.204. The highest BCUT2D eigenvalue weighted by Gasteiger charge is 2.30. The van der Waals surface area contributed by atoms with Crippen LogP contribution < -0.4 is 20.1 Å². The number of methoxy groups -OCH3 is 2. The molecule has 3 rings (SSSR count). The second-order valence-corrected chi connectivity index (χ2v) is 9.86. The van der Waals surface area contributed by atoms with Crippen LogP contribution in [0.15, 0.2) is 54.5 Å². The molecule has 1 saturated carbocycles. The largest absolute Gasteiger partial charge is 0.497 e. The highest BCUT2D eigenvalue weighted by molar-refractivity contribution is 5.91. The summed E-state index contributed by atoms with van der Waals surface area (Å²) in [7, 11) is 3.18. The predicted molar refractivity (Wildman–Crippen MR) is 160 cm³/mol. The number of anilines is 1. The number of allylic oxidation sites excluding steroid dienone is 3. The van der Waals surface area contributed by atoms with Crippen molar-refractivity contribution in [3.63, 3.8) is 0 Å². The third-order valence-corrected chi connectivity index (χ3v) is 6.99. The van der Waals surface area contributed by atoms with E-state index in [-0.39, 0.29) is 18.2 Å². The average molecular weight is 543 g/mol. The van der Waals surface area contributed by atoms with Crippen LogP contribution in [0.3, 0.4) is 0 Å². The molecular formula is C31H50N4O4. The van der Waals surface area contributed by atoms with E-state index in [0.717, 1.165) is 63.3 Å². The summed E-state index contributed by atoms with van der Waals surface area (Å²) in [6.45, 7) is 18.3. The predicted octanol–water partition coefficient (Wildman–Crippen LogP) is 6.18. The molecule has 2 N–H and O–H groups in total. The Bertz CT molecular complexity index is 959. The average Bonchev–Trinajstić information content (AvgIpc) is 2.96. The van der Waals surface area contributed by atoms with Gasteiger partial charge in [-0.3, -0.25) is 4.90 Å². The lowest BCUT2D eigenvalue weighted by Gasteiger charge is -2.43. The molecule has 218 valence electrons. The Morgan fingerprint density at radius 2 is 1.72 bits per heavy atom. The van der Waals surface area contributed by atoms with Crippen molar-refractivity contribution in [2.24, 2.45) is 0 Å². The van der Waals surface area contributed by atoms with E-state index in [2.05, 4.69) is 27.0 Å². The number of carbonyl (C=O) groups excluding carboxylic acids is 1. The molecule has 39 heavy (non-hydrogen) atoms. The Hall–Kier alpha value is -3.13. The first-order valence-corrected chi connectivity index (χ1v) is 14.3. The van der Waals surface area contributed by atoms with E-state index in [1.807, 2.05) is 52.8 Å². The number of hydrogen-bond acceptors (Lipinski definition) is 6. The van der Waals surface area contributed by atoms with Crippen LogP contribution in [0.1, 0.15) is 60.3 Å². The molecule has 0 aromatic heterocycles. The van der Waals surface area contributed by atoms with Crippen molar-refractivity contribution in [3.8, 4) is 11.5 Å². The first-order chi connectivity index (χ1) is 18.8. The van der Waals surface area contributed by atoms with E-state index in [1.165, 1.54) is 0 Å². The van der Waals surface area contributed by atoms with Crippen LogP contribution in [0.4, 0.5) is 10.5 Å². The minimum absolute atomic E-state index is 0.110. The number of hydrogen-bond donors (Lipinski definition) is 2.